The zero-order chi connectivity index (χ0) is 9.52. The monoisotopic (exact) mass is 189 g/mol. The third kappa shape index (κ3) is 3.12. The van der Waals surface area contributed by atoms with Gasteiger partial charge in [0.05, 0.1) is 0 Å². The standard InChI is InChI=1S/C9H7N3S/c1-2-9(11-12-10)13-8-6-4-3-5-7-8/h1,3-7,9H. The molecule has 0 radical (unpaired) electrons. The molecule has 0 aliphatic heterocycles. The first-order valence-electron chi connectivity index (χ1n) is 3.59. The quantitative estimate of drug-likeness (QED) is 0.237. The molecule has 0 aliphatic rings. The van der Waals surface area contributed by atoms with Crippen LogP contribution in [0.3, 0.4) is 0 Å². The molecule has 0 N–H and O–H groups in total. The Bertz CT molecular complexity index is 349. The van der Waals surface area contributed by atoms with Crippen molar-refractivity contribution in [1.82, 2.24) is 0 Å². The van der Waals surface area contributed by atoms with E-state index in [0.29, 0.717) is 0 Å². The van der Waals surface area contributed by atoms with Gasteiger partial charge in [-0.2, -0.15) is 0 Å². The van der Waals surface area contributed by atoms with E-state index in [1.807, 2.05) is 30.3 Å². The second kappa shape index (κ2) is 5.15. The highest BCUT2D eigenvalue weighted by Crippen LogP contribution is 2.23. The second-order valence-corrected chi connectivity index (χ2v) is 3.31. The maximum Gasteiger partial charge on any atom is 0.148 e. The number of rotatable bonds is 3. The molecule has 0 saturated heterocycles. The fourth-order valence-corrected chi connectivity index (χ4v) is 1.50. The Morgan fingerprint density at radius 2 is 2.15 bits per heavy atom. The van der Waals surface area contributed by atoms with E-state index < -0.39 is 5.37 Å². The Balaban J connectivity index is 2.69. The molecule has 1 unspecified atom stereocenters. The summed E-state index contributed by atoms with van der Waals surface area (Å²) in [7, 11) is 0. The first-order valence-corrected chi connectivity index (χ1v) is 4.47. The van der Waals surface area contributed by atoms with Gasteiger partial charge in [0.1, 0.15) is 5.37 Å². The Morgan fingerprint density at radius 3 is 2.69 bits per heavy atom. The molecule has 1 aromatic rings. The third-order valence-electron chi connectivity index (χ3n) is 1.29. The molecule has 0 amide bonds. The molecule has 0 aromatic heterocycles. The highest BCUT2D eigenvalue weighted by atomic mass is 32.2. The maximum absolute atomic E-state index is 8.20. The van der Waals surface area contributed by atoms with Gasteiger partial charge in [-0.3, -0.25) is 0 Å². The minimum atomic E-state index is -0.465. The van der Waals surface area contributed by atoms with Gasteiger partial charge in [-0.1, -0.05) is 29.2 Å². The largest absolute Gasteiger partial charge is 0.148 e. The van der Waals surface area contributed by atoms with Crippen LogP contribution >= 0.6 is 11.8 Å². The summed E-state index contributed by atoms with van der Waals surface area (Å²) in [6.45, 7) is 0. The van der Waals surface area contributed by atoms with E-state index in [2.05, 4.69) is 15.9 Å². The van der Waals surface area contributed by atoms with Crippen molar-refractivity contribution in [2.75, 3.05) is 0 Å². The van der Waals surface area contributed by atoms with E-state index in [0.717, 1.165) is 4.90 Å². The van der Waals surface area contributed by atoms with Crippen molar-refractivity contribution < 1.29 is 0 Å². The molecule has 0 heterocycles. The highest BCUT2D eigenvalue weighted by Gasteiger charge is 2.02. The molecule has 1 aromatic carbocycles. The second-order valence-electron chi connectivity index (χ2n) is 2.15. The lowest BCUT2D eigenvalue weighted by atomic mass is 10.4. The first-order chi connectivity index (χ1) is 6.36. The van der Waals surface area contributed by atoms with Gasteiger partial charge in [-0.25, -0.2) is 0 Å². The van der Waals surface area contributed by atoms with Crippen LogP contribution in [0.5, 0.6) is 0 Å². The van der Waals surface area contributed by atoms with E-state index in [4.69, 9.17) is 12.0 Å². The normalized spacial score (nSPS) is 11.0. The lowest BCUT2D eigenvalue weighted by Crippen LogP contribution is -1.90. The SMILES string of the molecule is C#CC(N=[N+]=[N-])Sc1ccccc1. The molecule has 13 heavy (non-hydrogen) atoms. The molecule has 0 spiro atoms. The van der Waals surface area contributed by atoms with E-state index in [1.54, 1.807) is 0 Å². The van der Waals surface area contributed by atoms with Crippen LogP contribution in [0.4, 0.5) is 0 Å². The van der Waals surface area contributed by atoms with Crippen molar-refractivity contribution in [1.29, 1.82) is 0 Å². The minimum absolute atomic E-state index is 0.465. The van der Waals surface area contributed by atoms with Crippen LogP contribution in [0.2, 0.25) is 0 Å². The Kier molecular flexibility index (Phi) is 3.77. The van der Waals surface area contributed by atoms with Crippen LogP contribution in [0, 0.1) is 12.3 Å². The molecule has 0 saturated carbocycles. The van der Waals surface area contributed by atoms with Gasteiger partial charge in [-0.05, 0) is 17.7 Å². The van der Waals surface area contributed by atoms with E-state index >= 15 is 0 Å². The molecular formula is C9H7N3S. The number of hydrogen-bond acceptors (Lipinski definition) is 2. The number of nitrogens with zero attached hydrogens (tertiary/aromatic N) is 3. The summed E-state index contributed by atoms with van der Waals surface area (Å²) in [4.78, 5) is 3.66. The summed E-state index contributed by atoms with van der Waals surface area (Å²) in [6, 6.07) is 9.57. The molecule has 0 bridgehead atoms. The number of hydrogen-bond donors (Lipinski definition) is 0. The van der Waals surface area contributed by atoms with Crippen molar-refractivity contribution in [3.05, 3.63) is 40.8 Å². The average Bonchev–Trinajstić information content (AvgIpc) is 2.19. The van der Waals surface area contributed by atoms with Crippen molar-refractivity contribution in [2.45, 2.75) is 10.3 Å². The zero-order valence-electron chi connectivity index (χ0n) is 6.79. The Morgan fingerprint density at radius 1 is 1.46 bits per heavy atom. The Labute approximate surface area is 80.8 Å². The minimum Gasteiger partial charge on any atom is -0.119 e. The summed E-state index contributed by atoms with van der Waals surface area (Å²) in [6.07, 6.45) is 5.17. The summed E-state index contributed by atoms with van der Waals surface area (Å²) in [5, 5.41) is 2.98. The van der Waals surface area contributed by atoms with Gasteiger partial charge >= 0.3 is 0 Å². The molecule has 64 valence electrons. The molecule has 1 rings (SSSR count). The van der Waals surface area contributed by atoms with Crippen LogP contribution < -0.4 is 0 Å². The number of benzene rings is 1. The summed E-state index contributed by atoms with van der Waals surface area (Å²) in [5.41, 5.74) is 8.20. The number of azide groups is 1. The summed E-state index contributed by atoms with van der Waals surface area (Å²) < 4.78 is 0. The van der Waals surface area contributed by atoms with Gasteiger partial charge in [0.15, 0.2) is 0 Å². The van der Waals surface area contributed by atoms with Crippen LogP contribution in [-0.4, -0.2) is 5.37 Å². The fourth-order valence-electron chi connectivity index (χ4n) is 0.766. The Hall–Kier alpha value is -1.56. The van der Waals surface area contributed by atoms with Crippen LogP contribution in [0.15, 0.2) is 40.3 Å². The topological polar surface area (TPSA) is 48.8 Å². The average molecular weight is 189 g/mol. The molecular weight excluding hydrogens is 182 g/mol. The molecule has 3 nitrogen and oxygen atoms in total. The van der Waals surface area contributed by atoms with Gasteiger partial charge in [0, 0.05) is 9.81 Å². The predicted octanol–water partition coefficient (Wildman–Crippen LogP) is 3.05. The third-order valence-corrected chi connectivity index (χ3v) is 2.29. The number of terminal acetylenes is 1. The molecule has 1 atom stereocenters. The van der Waals surface area contributed by atoms with Gasteiger partial charge < -0.3 is 0 Å². The predicted molar refractivity (Wildman–Crippen MR) is 54.1 cm³/mol. The van der Waals surface area contributed by atoms with Gasteiger partial charge in [-0.15, -0.1) is 18.2 Å². The first kappa shape index (κ1) is 9.53. The zero-order valence-corrected chi connectivity index (χ0v) is 7.61. The molecule has 0 fully saturated rings. The maximum atomic E-state index is 8.20. The fraction of sp³-hybridized carbons (Fsp3) is 0.111. The molecule has 0 aliphatic carbocycles. The van der Waals surface area contributed by atoms with Crippen LogP contribution in [0.25, 0.3) is 10.4 Å². The van der Waals surface area contributed by atoms with E-state index in [9.17, 15) is 0 Å². The van der Waals surface area contributed by atoms with Crippen LogP contribution in [-0.2, 0) is 0 Å². The van der Waals surface area contributed by atoms with E-state index in [-0.39, 0.29) is 0 Å². The van der Waals surface area contributed by atoms with Crippen molar-refractivity contribution >= 4 is 11.8 Å². The van der Waals surface area contributed by atoms with Crippen molar-refractivity contribution in [3.8, 4) is 12.3 Å². The highest BCUT2D eigenvalue weighted by molar-refractivity contribution is 8.00. The lowest BCUT2D eigenvalue weighted by Gasteiger charge is -2.02. The lowest BCUT2D eigenvalue weighted by molar-refractivity contribution is 1.16. The van der Waals surface area contributed by atoms with E-state index in [1.165, 1.54) is 11.8 Å². The van der Waals surface area contributed by atoms with Gasteiger partial charge in [0.2, 0.25) is 0 Å². The molecule has 4 heteroatoms. The number of thioether (sulfide) groups is 1. The summed E-state index contributed by atoms with van der Waals surface area (Å²) >= 11 is 1.36. The van der Waals surface area contributed by atoms with Crippen LogP contribution in [0.1, 0.15) is 0 Å². The summed E-state index contributed by atoms with van der Waals surface area (Å²) in [5.74, 6) is 2.39. The smallest absolute Gasteiger partial charge is 0.119 e. The van der Waals surface area contributed by atoms with Crippen molar-refractivity contribution in [2.24, 2.45) is 5.11 Å². The van der Waals surface area contributed by atoms with Gasteiger partial charge in [0.25, 0.3) is 0 Å². The van der Waals surface area contributed by atoms with Crippen molar-refractivity contribution in [3.63, 3.8) is 0 Å².